The first kappa shape index (κ1) is 17.5. The monoisotopic (exact) mass is 336 g/mol. The summed E-state index contributed by atoms with van der Waals surface area (Å²) in [6.07, 6.45) is 1.41. The molecule has 1 heterocycles. The molecule has 0 aliphatic rings. The van der Waals surface area contributed by atoms with E-state index in [1.165, 1.54) is 22.8 Å². The predicted octanol–water partition coefficient (Wildman–Crippen LogP) is -0.380. The average Bonchev–Trinajstić information content (AvgIpc) is 2.76. The summed E-state index contributed by atoms with van der Waals surface area (Å²) >= 11 is 0. The van der Waals surface area contributed by atoms with Crippen LogP contribution in [0, 0.1) is 0 Å². The van der Waals surface area contributed by atoms with Gasteiger partial charge in [0.2, 0.25) is 0 Å². The first-order chi connectivity index (χ1) is 11.3. The van der Waals surface area contributed by atoms with Gasteiger partial charge in [0, 0.05) is 18.4 Å². The van der Waals surface area contributed by atoms with Crippen LogP contribution < -0.4 is 21.9 Å². The third kappa shape index (κ3) is 3.92. The fourth-order valence-corrected chi connectivity index (χ4v) is 2.31. The molecule has 6 nitrogen and oxygen atoms in total. The van der Waals surface area contributed by atoms with E-state index in [1.807, 2.05) is 0 Å². The van der Waals surface area contributed by atoms with Gasteiger partial charge in [-0.1, -0.05) is 12.6 Å². The summed E-state index contributed by atoms with van der Waals surface area (Å²) in [5, 5.41) is 18.0. The largest absolute Gasteiger partial charge is 0.572 e. The van der Waals surface area contributed by atoms with E-state index in [4.69, 9.17) is 5.11 Å². The normalized spacial score (nSPS) is 11.7. The molecule has 0 radical (unpaired) electrons. The summed E-state index contributed by atoms with van der Waals surface area (Å²) < 4.78 is 27.4. The number of carboxylic acids is 1. The molecular formula is C15H15BF2N2O4. The van der Waals surface area contributed by atoms with Crippen molar-refractivity contribution in [2.24, 2.45) is 0 Å². The Balaban J connectivity index is 2.44. The summed E-state index contributed by atoms with van der Waals surface area (Å²) in [6, 6.07) is 3.47. The number of nitrogens with zero attached hydrogens (tertiary/aromatic N) is 1. The molecule has 1 aromatic heterocycles. The number of hydrogen-bond donors (Lipinski definition) is 3. The van der Waals surface area contributed by atoms with Crippen LogP contribution in [0.2, 0.25) is 0 Å². The van der Waals surface area contributed by atoms with E-state index in [1.54, 1.807) is 0 Å². The van der Waals surface area contributed by atoms with Crippen molar-refractivity contribution in [2.45, 2.75) is 19.4 Å². The Morgan fingerprint density at radius 1 is 1.42 bits per heavy atom. The summed E-state index contributed by atoms with van der Waals surface area (Å²) in [5.74, 6) is -1.26. The Bertz CT molecular complexity index is 921. The van der Waals surface area contributed by atoms with E-state index in [0.717, 1.165) is 6.07 Å². The molecule has 0 fully saturated rings. The van der Waals surface area contributed by atoms with Gasteiger partial charge in [-0.05, 0) is 30.2 Å². The zero-order chi connectivity index (χ0) is 17.9. The van der Waals surface area contributed by atoms with Crippen LogP contribution >= 0.6 is 0 Å². The van der Waals surface area contributed by atoms with Crippen molar-refractivity contribution in [1.82, 2.24) is 9.55 Å². The predicted molar refractivity (Wildman–Crippen MR) is 86.0 cm³/mol. The molecule has 0 unspecified atom stereocenters. The quantitative estimate of drug-likeness (QED) is 0.627. The van der Waals surface area contributed by atoms with Crippen LogP contribution in [-0.2, 0) is 11.3 Å². The minimum absolute atomic E-state index is 0.0583. The molecule has 126 valence electrons. The highest BCUT2D eigenvalue weighted by Gasteiger charge is 2.20. The summed E-state index contributed by atoms with van der Waals surface area (Å²) in [5.41, 5.74) is -0.515. The Morgan fingerprint density at radius 2 is 2.12 bits per heavy atom. The number of halogens is 2. The van der Waals surface area contributed by atoms with Crippen LogP contribution in [-0.4, -0.2) is 33.0 Å². The van der Waals surface area contributed by atoms with Crippen LogP contribution in [0.3, 0.4) is 0 Å². The van der Waals surface area contributed by atoms with E-state index in [0.29, 0.717) is 0 Å². The average molecular weight is 336 g/mol. The Labute approximate surface area is 135 Å². The van der Waals surface area contributed by atoms with Crippen LogP contribution in [0.25, 0.3) is 12.7 Å². The summed E-state index contributed by atoms with van der Waals surface area (Å²) in [6.45, 7) is 3.82. The van der Waals surface area contributed by atoms with Crippen LogP contribution in [0.1, 0.15) is 18.4 Å². The molecule has 3 N–H and O–H groups in total. The number of aliphatic carboxylic acids is 1. The minimum Gasteiger partial charge on any atom is -0.508 e. The third-order valence-electron chi connectivity index (χ3n) is 3.46. The number of H-pyrrole nitrogens is 1. The molecule has 0 aliphatic heterocycles. The van der Waals surface area contributed by atoms with Gasteiger partial charge in [0.25, 0.3) is 5.56 Å². The van der Waals surface area contributed by atoms with E-state index in [9.17, 15) is 23.3 Å². The van der Waals surface area contributed by atoms with Crippen LogP contribution in [0.4, 0.5) is 8.63 Å². The number of phenolic OH excluding ortho intramolecular Hbond substituents is 1. The maximum Gasteiger partial charge on any atom is 0.572 e. The van der Waals surface area contributed by atoms with Gasteiger partial charge in [-0.15, -0.1) is 0 Å². The molecule has 2 rings (SSSR count). The molecule has 0 bridgehead atoms. The van der Waals surface area contributed by atoms with Gasteiger partial charge in [0.15, 0.2) is 0 Å². The SMILES string of the molecule is C=c1[nH]/c(=C\c2ccc(O)cc2B(F)F)c(=O)n1CCCC(=O)O. The van der Waals surface area contributed by atoms with Crippen LogP contribution in [0.5, 0.6) is 5.75 Å². The first-order valence-electron chi connectivity index (χ1n) is 7.12. The highest BCUT2D eigenvalue weighted by atomic mass is 19.2. The van der Waals surface area contributed by atoms with E-state index in [-0.39, 0.29) is 41.5 Å². The second kappa shape index (κ2) is 7.16. The van der Waals surface area contributed by atoms with Crippen molar-refractivity contribution >= 4 is 31.4 Å². The highest BCUT2D eigenvalue weighted by Crippen LogP contribution is 2.10. The van der Waals surface area contributed by atoms with Gasteiger partial charge >= 0.3 is 13.2 Å². The number of aromatic amines is 1. The Kier molecular flexibility index (Phi) is 5.23. The highest BCUT2D eigenvalue weighted by molar-refractivity contribution is 6.61. The number of phenols is 1. The van der Waals surface area contributed by atoms with Crippen molar-refractivity contribution < 1.29 is 23.6 Å². The molecule has 0 atom stereocenters. The van der Waals surface area contributed by atoms with Gasteiger partial charge in [-0.3, -0.25) is 22.8 Å². The van der Waals surface area contributed by atoms with E-state index < -0.39 is 24.3 Å². The second-order valence-corrected chi connectivity index (χ2v) is 5.20. The number of carboxylic acid groups (broad SMARTS) is 1. The van der Waals surface area contributed by atoms with Crippen LogP contribution in [0.15, 0.2) is 23.0 Å². The molecule has 1 aromatic carbocycles. The lowest BCUT2D eigenvalue weighted by Crippen LogP contribution is -2.32. The number of aromatic nitrogens is 2. The fraction of sp³-hybridized carbons (Fsp3) is 0.200. The maximum absolute atomic E-state index is 13.0. The van der Waals surface area contributed by atoms with Crippen molar-refractivity contribution in [3.63, 3.8) is 0 Å². The number of aromatic hydroxyl groups is 1. The van der Waals surface area contributed by atoms with Crippen molar-refractivity contribution in [2.75, 3.05) is 0 Å². The van der Waals surface area contributed by atoms with Gasteiger partial charge in [-0.2, -0.15) is 0 Å². The number of rotatable bonds is 6. The first-order valence-corrected chi connectivity index (χ1v) is 7.12. The number of imidazole rings is 1. The Hall–Kier alpha value is -2.84. The molecule has 0 spiro atoms. The molecule has 9 heteroatoms. The van der Waals surface area contributed by atoms with Crippen molar-refractivity contribution in [3.8, 4) is 5.75 Å². The van der Waals surface area contributed by atoms with E-state index in [2.05, 4.69) is 11.6 Å². The number of nitrogens with one attached hydrogen (secondary N) is 1. The number of benzene rings is 1. The lowest BCUT2D eigenvalue weighted by atomic mass is 9.81. The molecule has 24 heavy (non-hydrogen) atoms. The van der Waals surface area contributed by atoms with Crippen molar-refractivity contribution in [1.29, 1.82) is 0 Å². The Morgan fingerprint density at radius 3 is 2.75 bits per heavy atom. The lowest BCUT2D eigenvalue weighted by molar-refractivity contribution is -0.137. The van der Waals surface area contributed by atoms with Crippen molar-refractivity contribution in [3.05, 3.63) is 44.9 Å². The van der Waals surface area contributed by atoms with Gasteiger partial charge in [0.05, 0.1) is 0 Å². The zero-order valence-corrected chi connectivity index (χ0v) is 12.6. The molecule has 0 aliphatic carbocycles. The van der Waals surface area contributed by atoms with Gasteiger partial charge in [0.1, 0.15) is 16.6 Å². The fourth-order valence-electron chi connectivity index (χ4n) is 2.31. The summed E-state index contributed by atoms with van der Waals surface area (Å²) in [4.78, 5) is 25.5. The van der Waals surface area contributed by atoms with Gasteiger partial charge < -0.3 is 15.2 Å². The molecular weight excluding hydrogens is 321 g/mol. The minimum atomic E-state index is -2.81. The lowest BCUT2D eigenvalue weighted by Gasteiger charge is -2.02. The smallest absolute Gasteiger partial charge is 0.508 e. The number of carbonyl (C=O) groups is 1. The maximum atomic E-state index is 13.0. The third-order valence-corrected chi connectivity index (χ3v) is 3.46. The second-order valence-electron chi connectivity index (χ2n) is 5.20. The molecule has 2 aromatic rings. The standard InChI is InChI=1S/C15H15BF2N2O4/c1-9-19-13(15(24)20(9)6-2-3-14(22)23)7-10-4-5-11(21)8-12(10)16(17)18/h4-5,7-8,19,21H,1-3,6H2,(H,22,23)/b13-7-. The van der Waals surface area contributed by atoms with Gasteiger partial charge in [-0.25, -0.2) is 0 Å². The number of hydrogen-bond acceptors (Lipinski definition) is 3. The molecule has 0 amide bonds. The molecule has 0 saturated heterocycles. The zero-order valence-electron chi connectivity index (χ0n) is 12.6. The van der Waals surface area contributed by atoms with E-state index >= 15 is 0 Å². The molecule has 0 saturated carbocycles. The summed E-state index contributed by atoms with van der Waals surface area (Å²) in [7, 11) is -2.81. The topological polar surface area (TPSA) is 95.3 Å².